The Labute approximate surface area is 124 Å². The first kappa shape index (κ1) is 13.4. The third-order valence-electron chi connectivity index (χ3n) is 3.67. The molecule has 1 heterocycles. The lowest BCUT2D eigenvalue weighted by Gasteiger charge is -2.08. The summed E-state index contributed by atoms with van der Waals surface area (Å²) >= 11 is 0. The summed E-state index contributed by atoms with van der Waals surface area (Å²) in [5, 5.41) is 1.21. The van der Waals surface area contributed by atoms with Crippen LogP contribution < -0.4 is 0 Å². The molecule has 0 saturated carbocycles. The minimum atomic E-state index is 0.631. The van der Waals surface area contributed by atoms with Crippen LogP contribution in [0.5, 0.6) is 0 Å². The Morgan fingerprint density at radius 2 is 1.76 bits per heavy atom. The van der Waals surface area contributed by atoms with E-state index in [1.54, 1.807) is 11.9 Å². The summed E-state index contributed by atoms with van der Waals surface area (Å²) in [6.07, 6.45) is 3.01. The van der Waals surface area contributed by atoms with Crippen LogP contribution in [0, 0.1) is 0 Å². The smallest absolute Gasteiger partial charge is 0.209 e. The second-order valence-electron chi connectivity index (χ2n) is 5.31. The fourth-order valence-corrected chi connectivity index (χ4v) is 2.67. The minimum Gasteiger partial charge on any atom is -0.344 e. The largest absolute Gasteiger partial charge is 0.344 e. The Morgan fingerprint density at radius 3 is 2.52 bits per heavy atom. The third-order valence-corrected chi connectivity index (χ3v) is 3.67. The molecule has 3 rings (SSSR count). The zero-order valence-electron chi connectivity index (χ0n) is 12.1. The minimum absolute atomic E-state index is 0.631. The summed E-state index contributed by atoms with van der Waals surface area (Å²) in [6, 6.07) is 18.7. The van der Waals surface area contributed by atoms with Crippen LogP contribution in [0.1, 0.15) is 11.1 Å². The Bertz CT molecular complexity index is 746. The average Bonchev–Trinajstić information content (AvgIpc) is 2.86. The molecule has 0 spiro atoms. The number of carbonyl (C=O) groups is 1. The van der Waals surface area contributed by atoms with Crippen molar-refractivity contribution in [3.05, 3.63) is 71.9 Å². The maximum atomic E-state index is 10.9. The number of amides is 1. The van der Waals surface area contributed by atoms with Gasteiger partial charge in [0.25, 0.3) is 0 Å². The second kappa shape index (κ2) is 5.83. The first-order valence-corrected chi connectivity index (χ1v) is 7.04. The van der Waals surface area contributed by atoms with Crippen LogP contribution in [-0.2, 0) is 17.9 Å². The van der Waals surface area contributed by atoms with Crippen molar-refractivity contribution in [2.45, 2.75) is 13.1 Å². The number of para-hydroxylation sites is 1. The van der Waals surface area contributed by atoms with Gasteiger partial charge in [-0.25, -0.2) is 0 Å². The zero-order valence-corrected chi connectivity index (χ0v) is 12.1. The molecule has 0 bridgehead atoms. The SMILES string of the molecule is CN(C=O)Cc1cn(Cc2ccccc2)c2ccccc12. The molecule has 0 aliphatic carbocycles. The molecule has 0 aliphatic rings. The van der Waals surface area contributed by atoms with E-state index in [9.17, 15) is 4.79 Å². The molecular weight excluding hydrogens is 260 g/mol. The van der Waals surface area contributed by atoms with Crippen molar-refractivity contribution in [3.63, 3.8) is 0 Å². The van der Waals surface area contributed by atoms with Gasteiger partial charge in [0.05, 0.1) is 0 Å². The molecule has 0 saturated heterocycles. The molecule has 1 aromatic heterocycles. The third kappa shape index (κ3) is 2.82. The van der Waals surface area contributed by atoms with Gasteiger partial charge >= 0.3 is 0 Å². The molecule has 0 aliphatic heterocycles. The van der Waals surface area contributed by atoms with Crippen molar-refractivity contribution in [1.82, 2.24) is 9.47 Å². The van der Waals surface area contributed by atoms with Crippen LogP contribution in [0.2, 0.25) is 0 Å². The summed E-state index contributed by atoms with van der Waals surface area (Å²) in [5.41, 5.74) is 3.65. The number of carbonyl (C=O) groups excluding carboxylic acids is 1. The van der Waals surface area contributed by atoms with E-state index >= 15 is 0 Å². The maximum Gasteiger partial charge on any atom is 0.209 e. The molecule has 0 atom stereocenters. The van der Waals surface area contributed by atoms with Gasteiger partial charge in [-0.05, 0) is 17.2 Å². The van der Waals surface area contributed by atoms with E-state index in [2.05, 4.69) is 53.2 Å². The highest BCUT2D eigenvalue weighted by molar-refractivity contribution is 5.84. The fraction of sp³-hybridized carbons (Fsp3) is 0.167. The van der Waals surface area contributed by atoms with Gasteiger partial charge in [-0.15, -0.1) is 0 Å². The van der Waals surface area contributed by atoms with E-state index in [0.29, 0.717) is 6.54 Å². The predicted octanol–water partition coefficient (Wildman–Crippen LogP) is 3.28. The first-order valence-electron chi connectivity index (χ1n) is 7.04. The summed E-state index contributed by atoms with van der Waals surface area (Å²) in [5.74, 6) is 0. The summed E-state index contributed by atoms with van der Waals surface area (Å²) < 4.78 is 2.25. The highest BCUT2D eigenvalue weighted by Crippen LogP contribution is 2.23. The number of fused-ring (bicyclic) bond motifs is 1. The van der Waals surface area contributed by atoms with Crippen molar-refractivity contribution >= 4 is 17.3 Å². The van der Waals surface area contributed by atoms with Gasteiger partial charge in [-0.3, -0.25) is 4.79 Å². The van der Waals surface area contributed by atoms with Crippen LogP contribution in [0.25, 0.3) is 10.9 Å². The van der Waals surface area contributed by atoms with Crippen LogP contribution in [0.15, 0.2) is 60.8 Å². The first-order chi connectivity index (χ1) is 10.3. The standard InChI is InChI=1S/C18H18N2O/c1-19(14-21)12-16-13-20(11-15-7-3-2-4-8-15)18-10-6-5-9-17(16)18/h2-10,13-14H,11-12H2,1H3. The Hall–Kier alpha value is -2.55. The number of rotatable bonds is 5. The van der Waals surface area contributed by atoms with Gasteiger partial charge < -0.3 is 9.47 Å². The molecule has 2 aromatic carbocycles. The molecule has 21 heavy (non-hydrogen) atoms. The van der Waals surface area contributed by atoms with E-state index in [1.807, 2.05) is 12.1 Å². The lowest BCUT2D eigenvalue weighted by Crippen LogP contribution is -2.14. The zero-order chi connectivity index (χ0) is 14.7. The Morgan fingerprint density at radius 1 is 1.05 bits per heavy atom. The van der Waals surface area contributed by atoms with Crippen LogP contribution in [-0.4, -0.2) is 22.9 Å². The molecule has 3 aromatic rings. The van der Waals surface area contributed by atoms with Gasteiger partial charge in [0.2, 0.25) is 6.41 Å². The van der Waals surface area contributed by atoms with E-state index in [0.717, 1.165) is 13.0 Å². The lowest BCUT2D eigenvalue weighted by molar-refractivity contribution is -0.117. The summed E-state index contributed by atoms with van der Waals surface area (Å²) in [6.45, 7) is 1.47. The van der Waals surface area contributed by atoms with Crippen molar-refractivity contribution in [3.8, 4) is 0 Å². The summed E-state index contributed by atoms with van der Waals surface area (Å²) in [7, 11) is 1.80. The molecule has 3 nitrogen and oxygen atoms in total. The van der Waals surface area contributed by atoms with Crippen molar-refractivity contribution in [2.75, 3.05) is 7.05 Å². The maximum absolute atomic E-state index is 10.9. The number of hydrogen-bond donors (Lipinski definition) is 0. The van der Waals surface area contributed by atoms with Crippen LogP contribution >= 0.6 is 0 Å². The molecule has 106 valence electrons. The number of benzene rings is 2. The van der Waals surface area contributed by atoms with Crippen LogP contribution in [0.4, 0.5) is 0 Å². The molecule has 0 radical (unpaired) electrons. The van der Waals surface area contributed by atoms with E-state index in [1.165, 1.54) is 22.0 Å². The normalized spacial score (nSPS) is 10.7. The van der Waals surface area contributed by atoms with E-state index < -0.39 is 0 Å². The number of nitrogens with zero attached hydrogens (tertiary/aromatic N) is 2. The molecule has 1 amide bonds. The quantitative estimate of drug-likeness (QED) is 0.657. The highest BCUT2D eigenvalue weighted by Gasteiger charge is 2.09. The molecule has 0 N–H and O–H groups in total. The van der Waals surface area contributed by atoms with Gasteiger partial charge in [-0.1, -0.05) is 48.5 Å². The van der Waals surface area contributed by atoms with Crippen molar-refractivity contribution in [1.29, 1.82) is 0 Å². The Kier molecular flexibility index (Phi) is 3.73. The molecule has 0 unspecified atom stereocenters. The predicted molar refractivity (Wildman–Crippen MR) is 85.0 cm³/mol. The van der Waals surface area contributed by atoms with Gasteiger partial charge in [0, 0.05) is 37.2 Å². The van der Waals surface area contributed by atoms with Crippen LogP contribution in [0.3, 0.4) is 0 Å². The van der Waals surface area contributed by atoms with E-state index in [4.69, 9.17) is 0 Å². The van der Waals surface area contributed by atoms with Gasteiger partial charge in [0.15, 0.2) is 0 Å². The number of aromatic nitrogens is 1. The lowest BCUT2D eigenvalue weighted by atomic mass is 10.2. The van der Waals surface area contributed by atoms with Crippen molar-refractivity contribution < 1.29 is 4.79 Å². The molecule has 3 heteroatoms. The van der Waals surface area contributed by atoms with Gasteiger partial charge in [-0.2, -0.15) is 0 Å². The topological polar surface area (TPSA) is 25.2 Å². The van der Waals surface area contributed by atoms with E-state index in [-0.39, 0.29) is 0 Å². The van der Waals surface area contributed by atoms with Crippen molar-refractivity contribution in [2.24, 2.45) is 0 Å². The summed E-state index contributed by atoms with van der Waals surface area (Å²) in [4.78, 5) is 12.5. The highest BCUT2D eigenvalue weighted by atomic mass is 16.1. The Balaban J connectivity index is 2.00. The number of hydrogen-bond acceptors (Lipinski definition) is 1. The van der Waals surface area contributed by atoms with Gasteiger partial charge in [0.1, 0.15) is 0 Å². The second-order valence-corrected chi connectivity index (χ2v) is 5.31. The fourth-order valence-electron chi connectivity index (χ4n) is 2.67. The molecular formula is C18H18N2O. The molecule has 0 fully saturated rings. The average molecular weight is 278 g/mol. The monoisotopic (exact) mass is 278 g/mol.